The Balaban J connectivity index is 2.42. The van der Waals surface area contributed by atoms with Gasteiger partial charge in [-0.15, -0.1) is 0 Å². The van der Waals surface area contributed by atoms with Gasteiger partial charge in [-0.25, -0.2) is 4.98 Å². The van der Waals surface area contributed by atoms with Crippen LogP contribution in [-0.4, -0.2) is 18.6 Å². The monoisotopic (exact) mass is 268 g/mol. The molecule has 15 heavy (non-hydrogen) atoms. The molecular formula is C11H13BrN2O. The molecule has 80 valence electrons. The van der Waals surface area contributed by atoms with Crippen molar-refractivity contribution < 1.29 is 4.42 Å². The van der Waals surface area contributed by atoms with E-state index in [1.54, 1.807) is 0 Å². The van der Waals surface area contributed by atoms with Crippen LogP contribution in [0.3, 0.4) is 0 Å². The molecule has 0 aliphatic rings. The summed E-state index contributed by atoms with van der Waals surface area (Å²) < 4.78 is 6.54. The second-order valence-corrected chi connectivity index (χ2v) is 4.35. The van der Waals surface area contributed by atoms with E-state index in [-0.39, 0.29) is 0 Å². The number of nitrogens with one attached hydrogen (secondary N) is 1. The molecule has 0 unspecified atom stereocenters. The zero-order chi connectivity index (χ0) is 10.8. The summed E-state index contributed by atoms with van der Waals surface area (Å²) >= 11 is 3.54. The third kappa shape index (κ3) is 2.21. The number of likely N-dealkylation sites (N-methyl/N-ethyl adjacent to an activating group) is 1. The molecule has 0 aliphatic heterocycles. The Morgan fingerprint density at radius 1 is 1.47 bits per heavy atom. The average Bonchev–Trinajstić information content (AvgIpc) is 2.53. The smallest absolute Gasteiger partial charge is 0.192 e. The maximum atomic E-state index is 5.45. The molecule has 0 amide bonds. The van der Waals surface area contributed by atoms with Crippen molar-refractivity contribution in [3.63, 3.8) is 0 Å². The summed E-state index contributed by atoms with van der Waals surface area (Å²) in [4.78, 5) is 4.32. The van der Waals surface area contributed by atoms with Crippen LogP contribution in [0.15, 0.2) is 21.0 Å². The van der Waals surface area contributed by atoms with Crippen molar-refractivity contribution in [1.82, 2.24) is 10.3 Å². The summed E-state index contributed by atoms with van der Waals surface area (Å²) in [5.41, 5.74) is 3.03. The molecule has 0 saturated heterocycles. The Morgan fingerprint density at radius 2 is 2.27 bits per heavy atom. The van der Waals surface area contributed by atoms with Crippen molar-refractivity contribution in [2.75, 3.05) is 13.6 Å². The predicted octanol–water partition coefficient (Wildman–Crippen LogP) is 2.66. The molecule has 1 aromatic carbocycles. The normalized spacial score (nSPS) is 11.1. The highest BCUT2D eigenvalue weighted by molar-refractivity contribution is 9.10. The molecule has 0 radical (unpaired) electrons. The number of aryl methyl sites for hydroxylation is 1. The van der Waals surface area contributed by atoms with Gasteiger partial charge in [0, 0.05) is 11.4 Å². The lowest BCUT2D eigenvalue weighted by Crippen LogP contribution is -2.10. The Morgan fingerprint density at radius 3 is 3.00 bits per heavy atom. The first-order chi connectivity index (χ1) is 7.20. The van der Waals surface area contributed by atoms with Gasteiger partial charge >= 0.3 is 0 Å². The minimum absolute atomic E-state index is 0.711. The third-order valence-corrected chi connectivity index (χ3v) is 3.05. The van der Waals surface area contributed by atoms with Gasteiger partial charge in [0.15, 0.2) is 11.5 Å². The van der Waals surface area contributed by atoms with Gasteiger partial charge in [0.05, 0.1) is 0 Å². The summed E-state index contributed by atoms with van der Waals surface area (Å²) in [6.07, 6.45) is 0.985. The molecule has 2 rings (SSSR count). The first kappa shape index (κ1) is 10.6. The Hall–Kier alpha value is -0.870. The average molecular weight is 269 g/mol. The minimum atomic E-state index is 0.711. The Kier molecular flexibility index (Phi) is 3.07. The zero-order valence-electron chi connectivity index (χ0n) is 8.80. The number of oxazole rings is 1. The number of halogens is 1. The van der Waals surface area contributed by atoms with E-state index in [1.807, 2.05) is 20.0 Å². The largest absolute Gasteiger partial charge is 0.441 e. The summed E-state index contributed by atoms with van der Waals surface area (Å²) in [5, 5.41) is 3.13. The molecule has 0 atom stereocenters. The van der Waals surface area contributed by atoms with Crippen molar-refractivity contribution in [3.8, 4) is 0 Å². The van der Waals surface area contributed by atoms with Crippen LogP contribution >= 0.6 is 15.9 Å². The highest BCUT2D eigenvalue weighted by atomic mass is 79.9. The van der Waals surface area contributed by atoms with E-state index in [9.17, 15) is 0 Å². The molecule has 2 aromatic rings. The fourth-order valence-corrected chi connectivity index (χ4v) is 2.08. The van der Waals surface area contributed by atoms with Gasteiger partial charge < -0.3 is 9.73 Å². The zero-order valence-corrected chi connectivity index (χ0v) is 10.4. The number of nitrogens with zero attached hydrogens (tertiary/aromatic N) is 1. The lowest BCUT2D eigenvalue weighted by molar-refractivity contribution is 0.561. The van der Waals surface area contributed by atoms with E-state index in [2.05, 4.69) is 32.3 Å². The van der Waals surface area contributed by atoms with Crippen molar-refractivity contribution in [2.24, 2.45) is 0 Å². The molecule has 0 fully saturated rings. The summed E-state index contributed by atoms with van der Waals surface area (Å²) in [6, 6.07) is 4.06. The van der Waals surface area contributed by atoms with Crippen LogP contribution in [0.2, 0.25) is 0 Å². The standard InChI is InChI=1S/C11H13BrN2O/c1-7-14-10-5-8(3-4-13-2)9(12)6-11(10)15-7/h5-6,13H,3-4H2,1-2H3. The van der Waals surface area contributed by atoms with E-state index < -0.39 is 0 Å². The topological polar surface area (TPSA) is 38.1 Å². The maximum Gasteiger partial charge on any atom is 0.192 e. The lowest BCUT2D eigenvalue weighted by atomic mass is 10.1. The minimum Gasteiger partial charge on any atom is -0.441 e. The van der Waals surface area contributed by atoms with Gasteiger partial charge in [-0.3, -0.25) is 0 Å². The van der Waals surface area contributed by atoms with Crippen molar-refractivity contribution in [3.05, 3.63) is 28.1 Å². The number of rotatable bonds is 3. The predicted molar refractivity (Wildman–Crippen MR) is 64.1 cm³/mol. The molecule has 0 saturated carbocycles. The molecule has 0 spiro atoms. The summed E-state index contributed by atoms with van der Waals surface area (Å²) in [7, 11) is 1.95. The van der Waals surface area contributed by atoms with Gasteiger partial charge in [-0.2, -0.15) is 0 Å². The molecule has 0 aliphatic carbocycles. The van der Waals surface area contributed by atoms with Gasteiger partial charge in [-0.1, -0.05) is 15.9 Å². The molecule has 1 heterocycles. The molecular weight excluding hydrogens is 256 g/mol. The van der Waals surface area contributed by atoms with Crippen LogP contribution in [0.25, 0.3) is 11.1 Å². The number of hydrogen-bond donors (Lipinski definition) is 1. The van der Waals surface area contributed by atoms with E-state index in [0.29, 0.717) is 5.89 Å². The van der Waals surface area contributed by atoms with Crippen LogP contribution in [0.5, 0.6) is 0 Å². The number of benzene rings is 1. The second kappa shape index (κ2) is 4.33. The van der Waals surface area contributed by atoms with Gasteiger partial charge in [-0.05, 0) is 37.7 Å². The molecule has 1 N–H and O–H groups in total. The van der Waals surface area contributed by atoms with Crippen LogP contribution in [0.1, 0.15) is 11.5 Å². The number of fused-ring (bicyclic) bond motifs is 1. The fraction of sp³-hybridized carbons (Fsp3) is 0.364. The van der Waals surface area contributed by atoms with Crippen molar-refractivity contribution in [2.45, 2.75) is 13.3 Å². The van der Waals surface area contributed by atoms with E-state index in [0.717, 1.165) is 28.5 Å². The van der Waals surface area contributed by atoms with Crippen molar-refractivity contribution >= 4 is 27.0 Å². The van der Waals surface area contributed by atoms with E-state index in [1.165, 1.54) is 5.56 Å². The van der Waals surface area contributed by atoms with Crippen LogP contribution < -0.4 is 5.32 Å². The molecule has 1 aromatic heterocycles. The summed E-state index contributed by atoms with van der Waals surface area (Å²) in [5.74, 6) is 0.711. The third-order valence-electron chi connectivity index (χ3n) is 2.31. The first-order valence-corrected chi connectivity index (χ1v) is 5.70. The number of aromatic nitrogens is 1. The van der Waals surface area contributed by atoms with Crippen LogP contribution in [0, 0.1) is 6.92 Å². The lowest BCUT2D eigenvalue weighted by Gasteiger charge is -2.03. The van der Waals surface area contributed by atoms with E-state index in [4.69, 9.17) is 4.42 Å². The second-order valence-electron chi connectivity index (χ2n) is 3.50. The maximum absolute atomic E-state index is 5.45. The SMILES string of the molecule is CNCCc1cc2nc(C)oc2cc1Br. The summed E-state index contributed by atoms with van der Waals surface area (Å²) in [6.45, 7) is 2.82. The fourth-order valence-electron chi connectivity index (χ4n) is 1.56. The van der Waals surface area contributed by atoms with Gasteiger partial charge in [0.1, 0.15) is 5.52 Å². The van der Waals surface area contributed by atoms with Gasteiger partial charge in [0.2, 0.25) is 0 Å². The first-order valence-electron chi connectivity index (χ1n) is 4.91. The highest BCUT2D eigenvalue weighted by Gasteiger charge is 2.07. The van der Waals surface area contributed by atoms with Crippen molar-refractivity contribution in [1.29, 1.82) is 0 Å². The molecule has 4 heteroatoms. The number of hydrogen-bond acceptors (Lipinski definition) is 3. The molecule has 3 nitrogen and oxygen atoms in total. The Labute approximate surface area is 97.0 Å². The highest BCUT2D eigenvalue weighted by Crippen LogP contribution is 2.25. The van der Waals surface area contributed by atoms with Gasteiger partial charge in [0.25, 0.3) is 0 Å². The quantitative estimate of drug-likeness (QED) is 0.930. The molecule has 0 bridgehead atoms. The van der Waals surface area contributed by atoms with E-state index >= 15 is 0 Å². The van der Waals surface area contributed by atoms with Crippen LogP contribution in [0.4, 0.5) is 0 Å². The Bertz CT molecular complexity index is 479. The van der Waals surface area contributed by atoms with Crippen LogP contribution in [-0.2, 0) is 6.42 Å².